The predicted molar refractivity (Wildman–Crippen MR) is 97.7 cm³/mol. The van der Waals surface area contributed by atoms with Crippen LogP contribution in [0.15, 0.2) is 10.6 Å². The highest BCUT2D eigenvalue weighted by Gasteiger charge is 2.25. The Bertz CT molecular complexity index is 638. The Morgan fingerprint density at radius 3 is 2.62 bits per heavy atom. The summed E-state index contributed by atoms with van der Waals surface area (Å²) >= 11 is 1.11. The van der Waals surface area contributed by atoms with E-state index in [1.54, 1.807) is 17.9 Å². The average molecular weight is 383 g/mol. The van der Waals surface area contributed by atoms with Gasteiger partial charge in [-0.25, -0.2) is 0 Å². The van der Waals surface area contributed by atoms with E-state index < -0.39 is 5.97 Å². The largest absolute Gasteiger partial charge is 0.455 e. The predicted octanol–water partition coefficient (Wildman–Crippen LogP) is 1.70. The minimum absolute atomic E-state index is 0.00531. The third-order valence-corrected chi connectivity index (χ3v) is 4.83. The van der Waals surface area contributed by atoms with Gasteiger partial charge in [0.15, 0.2) is 12.4 Å². The first kappa shape index (κ1) is 20.3. The molecule has 0 bridgehead atoms. The summed E-state index contributed by atoms with van der Waals surface area (Å²) < 4.78 is 9.86. The van der Waals surface area contributed by atoms with Crippen molar-refractivity contribution in [1.82, 2.24) is 10.1 Å². The first-order valence-corrected chi connectivity index (χ1v) is 9.73. The molecule has 1 aliphatic rings. The number of thioether (sulfide) groups is 1. The first-order chi connectivity index (χ1) is 12.3. The van der Waals surface area contributed by atoms with Crippen LogP contribution in [0.5, 0.6) is 0 Å². The highest BCUT2D eigenvalue weighted by Crippen LogP contribution is 2.20. The zero-order valence-corrected chi connectivity index (χ0v) is 16.1. The van der Waals surface area contributed by atoms with Crippen molar-refractivity contribution in [2.24, 2.45) is 11.8 Å². The van der Waals surface area contributed by atoms with Gasteiger partial charge in [0.2, 0.25) is 5.91 Å². The van der Waals surface area contributed by atoms with Gasteiger partial charge in [-0.05, 0) is 25.2 Å². The van der Waals surface area contributed by atoms with E-state index in [9.17, 15) is 14.4 Å². The number of amides is 2. The zero-order chi connectivity index (χ0) is 19.1. The molecule has 8 nitrogen and oxygen atoms in total. The summed E-state index contributed by atoms with van der Waals surface area (Å²) in [4.78, 5) is 37.3. The van der Waals surface area contributed by atoms with Crippen molar-refractivity contribution >= 4 is 35.4 Å². The minimum Gasteiger partial charge on any atom is -0.455 e. The number of hydrogen-bond donors (Lipinski definition) is 1. The van der Waals surface area contributed by atoms with Gasteiger partial charge in [-0.2, -0.15) is 0 Å². The van der Waals surface area contributed by atoms with Gasteiger partial charge in [-0.15, -0.1) is 11.8 Å². The molecule has 9 heteroatoms. The highest BCUT2D eigenvalue weighted by atomic mass is 32.2. The van der Waals surface area contributed by atoms with Crippen LogP contribution in [0, 0.1) is 18.8 Å². The molecule has 144 valence electrons. The molecule has 2 amide bonds. The molecule has 1 fully saturated rings. The zero-order valence-electron chi connectivity index (χ0n) is 15.3. The molecular weight excluding hydrogens is 358 g/mol. The summed E-state index contributed by atoms with van der Waals surface area (Å²) in [5.74, 6) is 0.976. The number of carbonyl (C=O) groups is 3. The minimum atomic E-state index is -0.508. The van der Waals surface area contributed by atoms with Crippen LogP contribution < -0.4 is 5.32 Å². The van der Waals surface area contributed by atoms with Gasteiger partial charge >= 0.3 is 5.97 Å². The summed E-state index contributed by atoms with van der Waals surface area (Å²) in [6.45, 7) is 7.12. The normalized spacial score (nSPS) is 19.9. The molecule has 1 aromatic rings. The van der Waals surface area contributed by atoms with Gasteiger partial charge in [0, 0.05) is 19.2 Å². The maximum Gasteiger partial charge on any atom is 0.316 e. The number of aryl methyl sites for hydroxylation is 1. The van der Waals surface area contributed by atoms with E-state index in [0.717, 1.165) is 18.2 Å². The Labute approximate surface area is 157 Å². The van der Waals surface area contributed by atoms with Crippen molar-refractivity contribution in [3.63, 3.8) is 0 Å². The van der Waals surface area contributed by atoms with Crippen LogP contribution in [-0.2, 0) is 19.1 Å². The Balaban J connectivity index is 1.61. The molecule has 0 aromatic carbocycles. The molecule has 0 saturated carbocycles. The van der Waals surface area contributed by atoms with Crippen molar-refractivity contribution in [3.8, 4) is 0 Å². The number of ether oxygens (including phenoxy) is 1. The summed E-state index contributed by atoms with van der Waals surface area (Å²) in [6.07, 6.45) is 1.11. The van der Waals surface area contributed by atoms with Crippen LogP contribution in [0.2, 0.25) is 0 Å². The third kappa shape index (κ3) is 6.70. The molecule has 1 saturated heterocycles. The molecule has 1 N–H and O–H groups in total. The van der Waals surface area contributed by atoms with Crippen LogP contribution in [0.3, 0.4) is 0 Å². The van der Waals surface area contributed by atoms with Crippen molar-refractivity contribution in [2.75, 3.05) is 36.5 Å². The maximum atomic E-state index is 12.1. The molecule has 26 heavy (non-hydrogen) atoms. The van der Waals surface area contributed by atoms with Gasteiger partial charge in [0.1, 0.15) is 5.76 Å². The van der Waals surface area contributed by atoms with Crippen molar-refractivity contribution in [1.29, 1.82) is 0 Å². The molecule has 2 rings (SSSR count). The van der Waals surface area contributed by atoms with Gasteiger partial charge < -0.3 is 19.5 Å². The van der Waals surface area contributed by atoms with E-state index >= 15 is 0 Å². The fourth-order valence-corrected chi connectivity index (χ4v) is 3.58. The smallest absolute Gasteiger partial charge is 0.316 e. The van der Waals surface area contributed by atoms with Crippen LogP contribution >= 0.6 is 11.8 Å². The average Bonchev–Trinajstić information content (AvgIpc) is 2.96. The van der Waals surface area contributed by atoms with Crippen molar-refractivity contribution in [3.05, 3.63) is 11.8 Å². The number of nitrogens with one attached hydrogen (secondary N) is 1. The first-order valence-electron chi connectivity index (χ1n) is 8.57. The molecule has 1 aliphatic heterocycles. The van der Waals surface area contributed by atoms with E-state index in [4.69, 9.17) is 9.26 Å². The monoisotopic (exact) mass is 383 g/mol. The van der Waals surface area contributed by atoms with Gasteiger partial charge in [-0.3, -0.25) is 14.4 Å². The SMILES string of the molecule is Cc1cc(NC(=O)CSCC(=O)OCC(=O)N2C[C@H](C)C[C@H](C)C2)no1. The standard InChI is InChI=1S/C17H25N3O5S/c1-11-4-12(2)7-20(6-11)16(22)8-24-17(23)10-26-9-15(21)18-14-5-13(3)25-19-14/h5,11-12H,4,6-10H2,1-3H3,(H,18,19,21)/t11-,12+. The summed E-state index contributed by atoms with van der Waals surface area (Å²) in [5, 5.41) is 6.21. The van der Waals surface area contributed by atoms with Gasteiger partial charge in [-0.1, -0.05) is 19.0 Å². The fraction of sp³-hybridized carbons (Fsp3) is 0.647. The second-order valence-corrected chi connectivity index (χ2v) is 7.75. The number of carbonyl (C=O) groups excluding carboxylic acids is 3. The number of likely N-dealkylation sites (tertiary alicyclic amines) is 1. The Morgan fingerprint density at radius 2 is 2.00 bits per heavy atom. The van der Waals surface area contributed by atoms with Gasteiger partial charge in [0.05, 0.1) is 11.5 Å². The molecule has 0 radical (unpaired) electrons. The van der Waals surface area contributed by atoms with Crippen molar-refractivity contribution < 1.29 is 23.6 Å². The van der Waals surface area contributed by atoms with Crippen LogP contribution in [-0.4, -0.2) is 59.0 Å². The molecule has 0 aliphatic carbocycles. The summed E-state index contributed by atoms with van der Waals surface area (Å²) in [7, 11) is 0. The number of anilines is 1. The Morgan fingerprint density at radius 1 is 1.31 bits per heavy atom. The highest BCUT2D eigenvalue weighted by molar-refractivity contribution is 8.00. The number of nitrogens with zero attached hydrogens (tertiary/aromatic N) is 2. The molecule has 1 aromatic heterocycles. The lowest BCUT2D eigenvalue weighted by molar-refractivity contribution is -0.151. The molecule has 2 heterocycles. The van der Waals surface area contributed by atoms with Crippen molar-refractivity contribution in [2.45, 2.75) is 27.2 Å². The summed E-state index contributed by atoms with van der Waals surface area (Å²) in [5.41, 5.74) is 0. The molecule has 2 atom stereocenters. The number of piperidine rings is 1. The topological polar surface area (TPSA) is 102 Å². The second-order valence-electron chi connectivity index (χ2n) is 6.77. The van der Waals surface area contributed by atoms with E-state index in [1.807, 2.05) is 0 Å². The van der Waals surface area contributed by atoms with Gasteiger partial charge in [0.25, 0.3) is 5.91 Å². The Kier molecular flexibility index (Phi) is 7.50. The lowest BCUT2D eigenvalue weighted by Crippen LogP contribution is -2.44. The number of hydrogen-bond acceptors (Lipinski definition) is 7. The van der Waals surface area contributed by atoms with Crippen LogP contribution in [0.1, 0.15) is 26.0 Å². The molecule has 0 unspecified atom stereocenters. The summed E-state index contributed by atoms with van der Waals surface area (Å²) in [6, 6.07) is 1.60. The number of esters is 1. The number of aromatic nitrogens is 1. The fourth-order valence-electron chi connectivity index (χ4n) is 2.97. The molecule has 0 spiro atoms. The van der Waals surface area contributed by atoms with E-state index in [1.165, 1.54) is 0 Å². The third-order valence-electron chi connectivity index (χ3n) is 3.93. The van der Waals surface area contributed by atoms with Crippen LogP contribution in [0.4, 0.5) is 5.82 Å². The van der Waals surface area contributed by atoms with E-state index in [-0.39, 0.29) is 29.9 Å². The molecular formula is C17H25N3O5S. The maximum absolute atomic E-state index is 12.1. The second kappa shape index (κ2) is 9.61. The Hall–Kier alpha value is -2.03. The number of rotatable bonds is 7. The quantitative estimate of drug-likeness (QED) is 0.715. The van der Waals surface area contributed by atoms with Crippen LogP contribution in [0.25, 0.3) is 0 Å². The lowest BCUT2D eigenvalue weighted by atomic mass is 9.92. The lowest BCUT2D eigenvalue weighted by Gasteiger charge is -2.34. The van der Waals surface area contributed by atoms with E-state index in [0.29, 0.717) is 36.5 Å². The van der Waals surface area contributed by atoms with E-state index in [2.05, 4.69) is 24.3 Å².